The lowest BCUT2D eigenvalue weighted by Crippen LogP contribution is -2.23. The monoisotopic (exact) mass is 184 g/mol. The first kappa shape index (κ1) is 9.17. The Bertz CT molecular complexity index is 332. The van der Waals surface area contributed by atoms with Crippen molar-refractivity contribution in [2.45, 2.75) is 6.54 Å². The van der Waals surface area contributed by atoms with Crippen LogP contribution in [0.3, 0.4) is 0 Å². The van der Waals surface area contributed by atoms with Gasteiger partial charge < -0.3 is 15.4 Å². The van der Waals surface area contributed by atoms with Gasteiger partial charge in [0.1, 0.15) is 12.4 Å². The van der Waals surface area contributed by atoms with Gasteiger partial charge in [0.2, 0.25) is 0 Å². The molecule has 0 bridgehead atoms. The average molecular weight is 184 g/mol. The van der Waals surface area contributed by atoms with Gasteiger partial charge in [-0.2, -0.15) is 0 Å². The Kier molecular flexibility index (Phi) is 2.58. The van der Waals surface area contributed by atoms with E-state index < -0.39 is 4.92 Å². The summed E-state index contributed by atoms with van der Waals surface area (Å²) in [6, 6.07) is 0. The van der Waals surface area contributed by atoms with Crippen molar-refractivity contribution in [2.24, 2.45) is 0 Å². The van der Waals surface area contributed by atoms with E-state index in [0.717, 1.165) is 0 Å². The van der Waals surface area contributed by atoms with Crippen LogP contribution in [0.15, 0.2) is 12.4 Å². The fourth-order valence-electron chi connectivity index (χ4n) is 0.831. The topological polar surface area (TPSA) is 90.1 Å². The first-order chi connectivity index (χ1) is 6.15. The van der Waals surface area contributed by atoms with E-state index >= 15 is 0 Å². The lowest BCUT2D eigenvalue weighted by atomic mass is 10.6. The van der Waals surface area contributed by atoms with E-state index in [1.165, 1.54) is 24.0 Å². The van der Waals surface area contributed by atoms with Crippen LogP contribution >= 0.6 is 0 Å². The summed E-state index contributed by atoms with van der Waals surface area (Å²) in [5.74, 6) is -0.635. The number of imidazole rings is 1. The van der Waals surface area contributed by atoms with Crippen LogP contribution in [-0.2, 0) is 11.3 Å². The standard InChI is InChI=1S/C6H8N4O3/c1-7-5(11)4-9-3-2-8-6(9)10(12)13/h2-3H,4H2,1H3,(H,7,11). The molecule has 13 heavy (non-hydrogen) atoms. The van der Waals surface area contributed by atoms with Crippen molar-refractivity contribution in [3.8, 4) is 0 Å². The summed E-state index contributed by atoms with van der Waals surface area (Å²) in [6.45, 7) is -0.0905. The van der Waals surface area contributed by atoms with Gasteiger partial charge in [0.25, 0.3) is 5.91 Å². The average Bonchev–Trinajstić information content (AvgIpc) is 2.52. The number of amides is 1. The highest BCUT2D eigenvalue weighted by Gasteiger charge is 2.15. The molecule has 0 aromatic carbocycles. The van der Waals surface area contributed by atoms with Gasteiger partial charge in [-0.25, -0.2) is 4.57 Å². The van der Waals surface area contributed by atoms with Crippen LogP contribution in [0.2, 0.25) is 0 Å². The quantitative estimate of drug-likeness (QED) is 0.508. The van der Waals surface area contributed by atoms with Gasteiger partial charge >= 0.3 is 5.95 Å². The van der Waals surface area contributed by atoms with Crippen molar-refractivity contribution in [1.82, 2.24) is 14.9 Å². The van der Waals surface area contributed by atoms with Gasteiger partial charge in [-0.05, 0) is 4.92 Å². The highest BCUT2D eigenvalue weighted by Crippen LogP contribution is 2.06. The summed E-state index contributed by atoms with van der Waals surface area (Å²) in [6.07, 6.45) is 2.66. The van der Waals surface area contributed by atoms with Crippen molar-refractivity contribution < 1.29 is 9.72 Å². The van der Waals surface area contributed by atoms with Crippen molar-refractivity contribution in [3.05, 3.63) is 22.5 Å². The minimum atomic E-state index is -0.636. The molecule has 7 nitrogen and oxygen atoms in total. The lowest BCUT2D eigenvalue weighted by Gasteiger charge is -1.99. The minimum absolute atomic E-state index is 0.0905. The number of carbonyl (C=O) groups is 1. The van der Waals surface area contributed by atoms with E-state index in [1.807, 2.05) is 0 Å². The summed E-state index contributed by atoms with van der Waals surface area (Å²) in [5, 5.41) is 12.7. The Labute approximate surface area is 73.5 Å². The second kappa shape index (κ2) is 3.65. The van der Waals surface area contributed by atoms with Gasteiger partial charge in [0.15, 0.2) is 6.54 Å². The van der Waals surface area contributed by atoms with E-state index in [1.54, 1.807) is 0 Å². The van der Waals surface area contributed by atoms with Gasteiger partial charge in [-0.15, -0.1) is 0 Å². The molecule has 0 fully saturated rings. The van der Waals surface area contributed by atoms with Crippen molar-refractivity contribution in [3.63, 3.8) is 0 Å². The summed E-state index contributed by atoms with van der Waals surface area (Å²) >= 11 is 0. The number of hydrogen-bond acceptors (Lipinski definition) is 4. The molecule has 0 saturated carbocycles. The Hall–Kier alpha value is -1.92. The number of hydrogen-bond donors (Lipinski definition) is 1. The second-order valence-electron chi connectivity index (χ2n) is 2.29. The molecule has 1 rings (SSSR count). The van der Waals surface area contributed by atoms with E-state index in [-0.39, 0.29) is 18.4 Å². The van der Waals surface area contributed by atoms with Gasteiger partial charge in [-0.3, -0.25) is 4.79 Å². The maximum absolute atomic E-state index is 10.9. The summed E-state index contributed by atoms with van der Waals surface area (Å²) in [7, 11) is 1.46. The molecule has 1 heterocycles. The van der Waals surface area contributed by atoms with Crippen LogP contribution in [0.1, 0.15) is 0 Å². The normalized spacial score (nSPS) is 9.62. The first-order valence-corrected chi connectivity index (χ1v) is 3.51. The van der Waals surface area contributed by atoms with Crippen molar-refractivity contribution in [2.75, 3.05) is 7.05 Å². The molecule has 0 aliphatic carbocycles. The third kappa shape index (κ3) is 2.01. The molecule has 0 radical (unpaired) electrons. The molecular weight excluding hydrogens is 176 g/mol. The largest absolute Gasteiger partial charge is 0.435 e. The highest BCUT2D eigenvalue weighted by molar-refractivity contribution is 5.75. The molecule has 1 aromatic heterocycles. The van der Waals surface area contributed by atoms with Crippen LogP contribution in [0, 0.1) is 10.1 Å². The van der Waals surface area contributed by atoms with E-state index in [0.29, 0.717) is 0 Å². The summed E-state index contributed by atoms with van der Waals surface area (Å²) in [5.41, 5.74) is 0. The Morgan fingerprint density at radius 1 is 1.85 bits per heavy atom. The maximum Gasteiger partial charge on any atom is 0.435 e. The van der Waals surface area contributed by atoms with Crippen LogP contribution in [0.5, 0.6) is 0 Å². The second-order valence-corrected chi connectivity index (χ2v) is 2.29. The first-order valence-electron chi connectivity index (χ1n) is 3.51. The van der Waals surface area contributed by atoms with Gasteiger partial charge in [0.05, 0.1) is 0 Å². The number of rotatable bonds is 3. The summed E-state index contributed by atoms with van der Waals surface area (Å²) < 4.78 is 1.17. The molecule has 0 atom stereocenters. The number of carbonyl (C=O) groups excluding carboxylic acids is 1. The Balaban J connectivity index is 2.82. The predicted molar refractivity (Wildman–Crippen MR) is 42.9 cm³/mol. The zero-order chi connectivity index (χ0) is 9.84. The third-order valence-electron chi connectivity index (χ3n) is 1.45. The molecule has 70 valence electrons. The van der Waals surface area contributed by atoms with E-state index in [9.17, 15) is 14.9 Å². The number of nitro groups is 1. The van der Waals surface area contributed by atoms with Crippen LogP contribution in [-0.4, -0.2) is 27.4 Å². The maximum atomic E-state index is 10.9. The number of likely N-dealkylation sites (N-methyl/N-ethyl adjacent to an activating group) is 1. The Morgan fingerprint density at radius 2 is 2.54 bits per heavy atom. The molecule has 1 amide bonds. The van der Waals surface area contributed by atoms with E-state index in [4.69, 9.17) is 0 Å². The number of aromatic nitrogens is 2. The van der Waals surface area contributed by atoms with Gasteiger partial charge in [0, 0.05) is 7.05 Å². The fourth-order valence-corrected chi connectivity index (χ4v) is 0.831. The molecule has 0 aliphatic rings. The molecule has 0 aliphatic heterocycles. The zero-order valence-electron chi connectivity index (χ0n) is 6.93. The Morgan fingerprint density at radius 3 is 3.08 bits per heavy atom. The zero-order valence-corrected chi connectivity index (χ0v) is 6.93. The summed E-state index contributed by atoms with van der Waals surface area (Å²) in [4.78, 5) is 24.1. The fraction of sp³-hybridized carbons (Fsp3) is 0.333. The van der Waals surface area contributed by atoms with Crippen molar-refractivity contribution in [1.29, 1.82) is 0 Å². The van der Waals surface area contributed by atoms with Crippen molar-refractivity contribution >= 4 is 11.9 Å². The molecule has 1 aromatic rings. The van der Waals surface area contributed by atoms with Crippen LogP contribution in [0.4, 0.5) is 5.95 Å². The lowest BCUT2D eigenvalue weighted by molar-refractivity contribution is -0.396. The SMILES string of the molecule is CNC(=O)Cn1ccnc1[N+](=O)[O-]. The molecule has 0 unspecified atom stereocenters. The van der Waals surface area contributed by atoms with Crippen LogP contribution in [0.25, 0.3) is 0 Å². The number of nitrogens with zero attached hydrogens (tertiary/aromatic N) is 3. The molecule has 7 heteroatoms. The molecule has 0 spiro atoms. The van der Waals surface area contributed by atoms with Crippen LogP contribution < -0.4 is 5.32 Å². The third-order valence-corrected chi connectivity index (χ3v) is 1.45. The number of nitrogens with one attached hydrogen (secondary N) is 1. The molecule has 0 saturated heterocycles. The predicted octanol–water partition coefficient (Wildman–Crippen LogP) is -0.463. The minimum Gasteiger partial charge on any atom is -0.390 e. The smallest absolute Gasteiger partial charge is 0.390 e. The molecule has 1 N–H and O–H groups in total. The highest BCUT2D eigenvalue weighted by atomic mass is 16.6. The van der Waals surface area contributed by atoms with E-state index in [2.05, 4.69) is 10.3 Å². The molecular formula is C6H8N4O3. The van der Waals surface area contributed by atoms with Gasteiger partial charge in [-0.1, -0.05) is 4.98 Å².